The number of carbonyl (C=O) groups excluding carboxylic acids is 1. The minimum absolute atomic E-state index is 0.151. The van der Waals surface area contributed by atoms with Crippen LogP contribution in [-0.4, -0.2) is 24.9 Å². The molecule has 2 aromatic rings. The van der Waals surface area contributed by atoms with E-state index < -0.39 is 12.1 Å². The fourth-order valence-corrected chi connectivity index (χ4v) is 5.91. The van der Waals surface area contributed by atoms with E-state index in [0.29, 0.717) is 12.3 Å². The summed E-state index contributed by atoms with van der Waals surface area (Å²) in [6, 6.07) is 15.1. The van der Waals surface area contributed by atoms with E-state index in [1.807, 2.05) is 6.92 Å². The van der Waals surface area contributed by atoms with Gasteiger partial charge in [0.15, 0.2) is 6.17 Å². The third-order valence-corrected chi connectivity index (χ3v) is 8.55. The lowest BCUT2D eigenvalue weighted by atomic mass is 9.82. The van der Waals surface area contributed by atoms with Crippen molar-refractivity contribution < 1.29 is 18.7 Å². The van der Waals surface area contributed by atoms with Crippen molar-refractivity contribution in [1.82, 2.24) is 0 Å². The Balaban J connectivity index is 1.41. The summed E-state index contributed by atoms with van der Waals surface area (Å²) in [4.78, 5) is 12.0. The fraction of sp³-hybridized carbons (Fsp3) is 0.618. The Kier molecular flexibility index (Phi) is 14.4. The van der Waals surface area contributed by atoms with Gasteiger partial charge in [-0.25, -0.2) is 9.18 Å². The molecule has 1 aliphatic rings. The molecule has 0 radical (unpaired) electrons. The van der Waals surface area contributed by atoms with Crippen LogP contribution in [0, 0.1) is 0 Å². The topological polar surface area (TPSA) is 35.5 Å². The molecule has 0 bridgehead atoms. The van der Waals surface area contributed by atoms with Gasteiger partial charge in [0.05, 0.1) is 11.1 Å². The van der Waals surface area contributed by atoms with Crippen LogP contribution in [0.2, 0.25) is 0 Å². The SMILES string of the molecule is CCCCCCCCCCOc1ccc(-c2ccc([C@H]3CC[C@H](OC(=O)[C@@H](F)CCCC)CC3)cc2)cc1Br. The van der Waals surface area contributed by atoms with Crippen LogP contribution < -0.4 is 4.74 Å². The molecule has 39 heavy (non-hydrogen) atoms. The quantitative estimate of drug-likeness (QED) is 0.133. The lowest BCUT2D eigenvalue weighted by Gasteiger charge is -2.29. The Morgan fingerprint density at radius 3 is 2.10 bits per heavy atom. The fourth-order valence-electron chi connectivity index (χ4n) is 5.42. The van der Waals surface area contributed by atoms with Gasteiger partial charge < -0.3 is 9.47 Å². The lowest BCUT2D eigenvalue weighted by Crippen LogP contribution is -2.28. The van der Waals surface area contributed by atoms with Gasteiger partial charge in [-0.15, -0.1) is 0 Å². The zero-order chi connectivity index (χ0) is 27.9. The molecule has 0 saturated heterocycles. The molecule has 1 atom stereocenters. The predicted molar refractivity (Wildman–Crippen MR) is 163 cm³/mol. The highest BCUT2D eigenvalue weighted by atomic mass is 79.9. The molecule has 0 unspecified atom stereocenters. The lowest BCUT2D eigenvalue weighted by molar-refractivity contribution is -0.157. The van der Waals surface area contributed by atoms with E-state index >= 15 is 0 Å². The number of unbranched alkanes of at least 4 members (excludes halogenated alkanes) is 8. The van der Waals surface area contributed by atoms with Crippen LogP contribution in [0.4, 0.5) is 4.39 Å². The van der Waals surface area contributed by atoms with E-state index in [0.717, 1.165) is 60.9 Å². The Hall–Kier alpha value is -1.88. The molecule has 3 rings (SSSR count). The maximum absolute atomic E-state index is 14.0. The van der Waals surface area contributed by atoms with Gasteiger partial charge in [0, 0.05) is 0 Å². The Bertz CT molecular complexity index is 969. The van der Waals surface area contributed by atoms with Crippen molar-refractivity contribution in [2.24, 2.45) is 0 Å². The van der Waals surface area contributed by atoms with E-state index in [4.69, 9.17) is 9.47 Å². The second-order valence-corrected chi connectivity index (χ2v) is 12.0. The van der Waals surface area contributed by atoms with E-state index in [2.05, 4.69) is 65.3 Å². The molecule has 0 aromatic heterocycles. The molecule has 1 saturated carbocycles. The minimum atomic E-state index is -1.48. The molecule has 0 heterocycles. The van der Waals surface area contributed by atoms with Gasteiger partial charge in [0.1, 0.15) is 11.9 Å². The highest BCUT2D eigenvalue weighted by Gasteiger charge is 2.27. The molecule has 3 nitrogen and oxygen atoms in total. The summed E-state index contributed by atoms with van der Waals surface area (Å²) < 4.78 is 26.4. The summed E-state index contributed by atoms with van der Waals surface area (Å²) in [5.74, 6) is 0.682. The molecular weight excluding hydrogens is 555 g/mol. The molecule has 0 aliphatic heterocycles. The maximum atomic E-state index is 14.0. The van der Waals surface area contributed by atoms with Gasteiger partial charge in [-0.3, -0.25) is 0 Å². The number of halogens is 2. The van der Waals surface area contributed by atoms with Crippen LogP contribution in [-0.2, 0) is 9.53 Å². The van der Waals surface area contributed by atoms with Crippen molar-refractivity contribution in [3.63, 3.8) is 0 Å². The van der Waals surface area contributed by atoms with Crippen LogP contribution in [0.3, 0.4) is 0 Å². The van der Waals surface area contributed by atoms with Gasteiger partial charge in [-0.2, -0.15) is 0 Å². The molecule has 5 heteroatoms. The number of rotatable bonds is 17. The van der Waals surface area contributed by atoms with Crippen LogP contribution in [0.15, 0.2) is 46.9 Å². The number of esters is 1. The molecule has 1 fully saturated rings. The average Bonchev–Trinajstić information content (AvgIpc) is 2.96. The molecule has 216 valence electrons. The van der Waals surface area contributed by atoms with Gasteiger partial charge >= 0.3 is 5.97 Å². The average molecular weight is 604 g/mol. The number of hydrogen-bond donors (Lipinski definition) is 0. The number of ether oxygens (including phenoxy) is 2. The van der Waals surface area contributed by atoms with Crippen LogP contribution in [0.1, 0.15) is 122 Å². The Labute approximate surface area is 244 Å². The number of carbonyl (C=O) groups is 1. The van der Waals surface area contributed by atoms with Gasteiger partial charge in [0.2, 0.25) is 0 Å². The predicted octanol–water partition coefficient (Wildman–Crippen LogP) is 10.7. The second-order valence-electron chi connectivity index (χ2n) is 11.1. The Morgan fingerprint density at radius 2 is 1.46 bits per heavy atom. The number of hydrogen-bond acceptors (Lipinski definition) is 3. The summed E-state index contributed by atoms with van der Waals surface area (Å²) in [6.45, 7) is 5.01. The minimum Gasteiger partial charge on any atom is -0.492 e. The van der Waals surface area contributed by atoms with E-state index in [9.17, 15) is 9.18 Å². The van der Waals surface area contributed by atoms with E-state index in [-0.39, 0.29) is 12.5 Å². The smallest absolute Gasteiger partial charge is 0.340 e. The van der Waals surface area contributed by atoms with Crippen molar-refractivity contribution in [3.05, 3.63) is 52.5 Å². The summed E-state index contributed by atoms with van der Waals surface area (Å²) in [6.07, 6.45) is 14.1. The molecule has 0 amide bonds. The van der Waals surface area contributed by atoms with Crippen molar-refractivity contribution in [2.45, 2.75) is 128 Å². The largest absolute Gasteiger partial charge is 0.492 e. The molecule has 0 N–H and O–H groups in total. The van der Waals surface area contributed by atoms with Crippen molar-refractivity contribution in [2.75, 3.05) is 6.61 Å². The summed E-state index contributed by atoms with van der Waals surface area (Å²) in [5.41, 5.74) is 3.66. The Morgan fingerprint density at radius 1 is 0.846 bits per heavy atom. The molecule has 2 aromatic carbocycles. The van der Waals surface area contributed by atoms with Gasteiger partial charge in [-0.1, -0.05) is 102 Å². The highest BCUT2D eigenvalue weighted by molar-refractivity contribution is 9.10. The first kappa shape index (κ1) is 31.6. The zero-order valence-electron chi connectivity index (χ0n) is 24.1. The van der Waals surface area contributed by atoms with Crippen LogP contribution >= 0.6 is 15.9 Å². The van der Waals surface area contributed by atoms with Crippen molar-refractivity contribution in [3.8, 4) is 16.9 Å². The van der Waals surface area contributed by atoms with Gasteiger partial charge in [-0.05, 0) is 89.2 Å². The second kappa shape index (κ2) is 17.7. The third kappa shape index (κ3) is 10.9. The monoisotopic (exact) mass is 602 g/mol. The molecule has 0 spiro atoms. The normalized spacial score (nSPS) is 18.1. The summed E-state index contributed by atoms with van der Waals surface area (Å²) in [7, 11) is 0. The highest BCUT2D eigenvalue weighted by Crippen LogP contribution is 2.36. The third-order valence-electron chi connectivity index (χ3n) is 7.93. The summed E-state index contributed by atoms with van der Waals surface area (Å²) >= 11 is 3.70. The van der Waals surface area contributed by atoms with Crippen molar-refractivity contribution >= 4 is 21.9 Å². The first-order valence-corrected chi connectivity index (χ1v) is 16.2. The standard InChI is InChI=1S/C34H48BrFO3/c1-3-5-7-8-9-10-11-12-24-38-33-23-20-29(25-31(33)35)28-16-14-26(15-17-28)27-18-21-30(22-19-27)39-34(37)32(36)13-6-4-2/h14-17,20,23,25,27,30,32H,3-13,18-19,21-22,24H2,1-2H3/t27-,30-,32-/m0/s1. The molecule has 1 aliphatic carbocycles. The number of alkyl halides is 1. The van der Waals surface area contributed by atoms with Crippen LogP contribution in [0.25, 0.3) is 11.1 Å². The first-order chi connectivity index (χ1) is 19.0. The van der Waals surface area contributed by atoms with E-state index in [1.54, 1.807) is 0 Å². The zero-order valence-corrected chi connectivity index (χ0v) is 25.7. The molecular formula is C34H48BrFO3. The van der Waals surface area contributed by atoms with Crippen LogP contribution in [0.5, 0.6) is 5.75 Å². The van der Waals surface area contributed by atoms with E-state index in [1.165, 1.54) is 56.1 Å². The van der Waals surface area contributed by atoms with Crippen molar-refractivity contribution in [1.29, 1.82) is 0 Å². The maximum Gasteiger partial charge on any atom is 0.340 e. The summed E-state index contributed by atoms with van der Waals surface area (Å²) in [5, 5.41) is 0. The van der Waals surface area contributed by atoms with Gasteiger partial charge in [0.25, 0.3) is 0 Å². The first-order valence-electron chi connectivity index (χ1n) is 15.4. The number of benzene rings is 2.